The molecule has 0 unspecified atom stereocenters. The molecule has 0 fully saturated rings. The number of hydrogen-bond acceptors (Lipinski definition) is 0. The number of unbranched alkanes of at least 4 members (excludes halogenated alkanes) is 9. The molecule has 0 spiro atoms. The average molecular weight is 429 g/mol. The lowest BCUT2D eigenvalue weighted by Crippen LogP contribution is -2.40. The molecule has 1 aromatic carbocycles. The minimum atomic E-state index is 0.307. The van der Waals surface area contributed by atoms with E-state index < -0.39 is 0 Å². The summed E-state index contributed by atoms with van der Waals surface area (Å²) >= 11 is 0. The molecule has 0 heterocycles. The van der Waals surface area contributed by atoms with Crippen molar-refractivity contribution >= 4 is 0 Å². The van der Waals surface area contributed by atoms with E-state index in [0.717, 1.165) is 11.0 Å². The highest BCUT2D eigenvalue weighted by Crippen LogP contribution is 2.46. The molecule has 178 valence electrons. The van der Waals surface area contributed by atoms with Gasteiger partial charge in [-0.15, -0.1) is 0 Å². The van der Waals surface area contributed by atoms with Gasteiger partial charge in [0.1, 0.15) is 6.54 Å². The Morgan fingerprint density at radius 2 is 1.16 bits per heavy atom. The minimum absolute atomic E-state index is 0.307. The molecule has 0 aliphatic heterocycles. The number of benzene rings is 1. The van der Waals surface area contributed by atoms with E-state index in [0.29, 0.717) is 10.8 Å². The topological polar surface area (TPSA) is 0 Å². The second-order valence-electron chi connectivity index (χ2n) is 12.6. The van der Waals surface area contributed by atoms with Crippen LogP contribution in [0.25, 0.3) is 0 Å². The van der Waals surface area contributed by atoms with Gasteiger partial charge >= 0.3 is 0 Å². The third kappa shape index (κ3) is 7.92. The van der Waals surface area contributed by atoms with E-state index in [1.807, 2.05) is 0 Å². The fourth-order valence-electron chi connectivity index (χ4n) is 5.50. The Morgan fingerprint density at radius 1 is 0.710 bits per heavy atom. The zero-order valence-electron chi connectivity index (χ0n) is 22.5. The van der Waals surface area contributed by atoms with Crippen LogP contribution in [-0.2, 0) is 17.4 Å². The van der Waals surface area contributed by atoms with Crippen LogP contribution >= 0.6 is 0 Å². The van der Waals surface area contributed by atoms with E-state index in [1.165, 1.54) is 89.2 Å². The van der Waals surface area contributed by atoms with Crippen molar-refractivity contribution in [2.24, 2.45) is 0 Å². The molecule has 0 saturated carbocycles. The first-order chi connectivity index (χ1) is 14.5. The maximum atomic E-state index is 2.59. The smallest absolute Gasteiger partial charge is 0.104 e. The minimum Gasteiger partial charge on any atom is -0.325 e. The van der Waals surface area contributed by atoms with Gasteiger partial charge in [-0.1, -0.05) is 92.1 Å². The first kappa shape index (κ1) is 26.4. The lowest BCUT2D eigenvalue weighted by atomic mass is 9.62. The van der Waals surface area contributed by atoms with Gasteiger partial charge in [0.2, 0.25) is 0 Å². The molecular weight excluding hydrogens is 374 g/mol. The van der Waals surface area contributed by atoms with Crippen LogP contribution in [0, 0.1) is 6.92 Å². The van der Waals surface area contributed by atoms with Crippen molar-refractivity contribution < 1.29 is 4.48 Å². The molecule has 1 nitrogen and oxygen atoms in total. The largest absolute Gasteiger partial charge is 0.325 e. The number of hydrogen-bond donors (Lipinski definition) is 0. The van der Waals surface area contributed by atoms with Gasteiger partial charge in [0.05, 0.1) is 20.6 Å². The monoisotopic (exact) mass is 428 g/mol. The number of nitrogens with zero attached hydrogens (tertiary/aromatic N) is 1. The SMILES string of the molecule is CCCCCCCCCCCC[N+](C)(C)Cc1cc2c(cc1C)C(C)(C)CCC2(C)C. The zero-order valence-corrected chi connectivity index (χ0v) is 22.5. The molecule has 0 N–H and O–H groups in total. The summed E-state index contributed by atoms with van der Waals surface area (Å²) in [6, 6.07) is 5.12. The second kappa shape index (κ2) is 11.4. The molecule has 1 heteroatoms. The van der Waals surface area contributed by atoms with E-state index in [1.54, 1.807) is 16.7 Å². The van der Waals surface area contributed by atoms with E-state index >= 15 is 0 Å². The van der Waals surface area contributed by atoms with Crippen LogP contribution in [0.3, 0.4) is 0 Å². The summed E-state index contributed by atoms with van der Waals surface area (Å²) in [6.07, 6.45) is 16.8. The van der Waals surface area contributed by atoms with Crippen molar-refractivity contribution in [3.05, 3.63) is 34.4 Å². The van der Waals surface area contributed by atoms with Gasteiger partial charge in [0, 0.05) is 5.56 Å². The average Bonchev–Trinajstić information content (AvgIpc) is 2.68. The highest BCUT2D eigenvalue weighted by Gasteiger charge is 2.37. The number of rotatable bonds is 13. The van der Waals surface area contributed by atoms with Crippen molar-refractivity contribution in [1.29, 1.82) is 0 Å². The molecule has 1 aliphatic carbocycles. The molecule has 1 aliphatic rings. The lowest BCUT2D eigenvalue weighted by Gasteiger charge is -2.42. The molecule has 0 amide bonds. The molecule has 0 aromatic heterocycles. The van der Waals surface area contributed by atoms with E-state index in [4.69, 9.17) is 0 Å². The fourth-order valence-corrected chi connectivity index (χ4v) is 5.50. The van der Waals surface area contributed by atoms with E-state index in [2.05, 4.69) is 67.8 Å². The van der Waals surface area contributed by atoms with Crippen LogP contribution in [0.5, 0.6) is 0 Å². The Morgan fingerprint density at radius 3 is 1.68 bits per heavy atom. The first-order valence-electron chi connectivity index (χ1n) is 13.4. The first-order valence-corrected chi connectivity index (χ1v) is 13.4. The Hall–Kier alpha value is -0.820. The molecule has 0 atom stereocenters. The third-order valence-corrected chi connectivity index (χ3v) is 8.02. The summed E-state index contributed by atoms with van der Waals surface area (Å²) in [7, 11) is 4.86. The van der Waals surface area contributed by atoms with Gasteiger partial charge in [-0.3, -0.25) is 0 Å². The van der Waals surface area contributed by atoms with Crippen LogP contribution in [0.1, 0.15) is 134 Å². The van der Waals surface area contributed by atoms with Crippen molar-refractivity contribution in [2.75, 3.05) is 20.6 Å². The van der Waals surface area contributed by atoms with Gasteiger partial charge in [-0.2, -0.15) is 0 Å². The maximum Gasteiger partial charge on any atom is 0.104 e. The Balaban J connectivity index is 1.85. The zero-order chi connectivity index (χ0) is 23.1. The Kier molecular flexibility index (Phi) is 9.68. The molecule has 31 heavy (non-hydrogen) atoms. The standard InChI is InChI=1S/C30H54N/c1-9-10-11-12-13-14-15-16-17-18-21-31(7,8)24-26-23-28-27(22-25(26)2)29(3,4)19-20-30(28,5)6/h22-23H,9-21,24H2,1-8H3/q+1. The predicted molar refractivity (Wildman–Crippen MR) is 139 cm³/mol. The molecular formula is C30H54N+. The van der Waals surface area contributed by atoms with Crippen LogP contribution in [0.15, 0.2) is 12.1 Å². The number of quaternary nitrogens is 1. The summed E-state index contributed by atoms with van der Waals surface area (Å²) in [4.78, 5) is 0. The van der Waals surface area contributed by atoms with Gasteiger partial charge in [0.15, 0.2) is 0 Å². The van der Waals surface area contributed by atoms with Crippen LogP contribution < -0.4 is 0 Å². The second-order valence-corrected chi connectivity index (χ2v) is 12.6. The van der Waals surface area contributed by atoms with Crippen molar-refractivity contribution in [2.45, 2.75) is 136 Å². The quantitative estimate of drug-likeness (QED) is 0.217. The Labute approximate surface area is 195 Å². The van der Waals surface area contributed by atoms with Gasteiger partial charge < -0.3 is 4.48 Å². The third-order valence-electron chi connectivity index (χ3n) is 8.02. The highest BCUT2D eigenvalue weighted by atomic mass is 15.3. The summed E-state index contributed by atoms with van der Waals surface area (Å²) < 4.78 is 1.11. The van der Waals surface area contributed by atoms with Gasteiger partial charge in [-0.25, -0.2) is 0 Å². The van der Waals surface area contributed by atoms with Gasteiger partial charge in [-0.05, 0) is 66.2 Å². The fraction of sp³-hybridized carbons (Fsp3) is 0.800. The number of aryl methyl sites for hydroxylation is 1. The molecule has 0 saturated heterocycles. The van der Waals surface area contributed by atoms with Crippen molar-refractivity contribution in [3.63, 3.8) is 0 Å². The highest BCUT2D eigenvalue weighted by molar-refractivity contribution is 5.46. The summed E-state index contributed by atoms with van der Waals surface area (Å²) in [5, 5.41) is 0. The molecule has 0 bridgehead atoms. The molecule has 0 radical (unpaired) electrons. The lowest BCUT2D eigenvalue weighted by molar-refractivity contribution is -0.903. The van der Waals surface area contributed by atoms with Gasteiger partial charge in [0.25, 0.3) is 0 Å². The Bertz CT molecular complexity index is 680. The number of fused-ring (bicyclic) bond motifs is 1. The predicted octanol–water partition coefficient (Wildman–Crippen LogP) is 8.84. The van der Waals surface area contributed by atoms with Crippen LogP contribution in [0.4, 0.5) is 0 Å². The summed E-state index contributed by atoms with van der Waals surface area (Å²) in [6.45, 7) is 16.9. The van der Waals surface area contributed by atoms with Crippen molar-refractivity contribution in [3.8, 4) is 0 Å². The molecule has 2 rings (SSSR count). The van der Waals surface area contributed by atoms with Crippen LogP contribution in [0.2, 0.25) is 0 Å². The van der Waals surface area contributed by atoms with E-state index in [-0.39, 0.29) is 0 Å². The molecule has 1 aromatic rings. The van der Waals surface area contributed by atoms with Crippen molar-refractivity contribution in [1.82, 2.24) is 0 Å². The van der Waals surface area contributed by atoms with Crippen LogP contribution in [-0.4, -0.2) is 25.1 Å². The van der Waals surface area contributed by atoms with E-state index in [9.17, 15) is 0 Å². The maximum absolute atomic E-state index is 2.59. The summed E-state index contributed by atoms with van der Waals surface area (Å²) in [5.74, 6) is 0. The normalized spacial score (nSPS) is 17.5. The summed E-state index contributed by atoms with van der Waals surface area (Å²) in [5.41, 5.74) is 6.91.